The topological polar surface area (TPSA) is 57.2 Å². The minimum absolute atomic E-state index is 0.0885. The van der Waals surface area contributed by atoms with Gasteiger partial charge in [-0.1, -0.05) is 12.1 Å². The van der Waals surface area contributed by atoms with E-state index in [0.29, 0.717) is 31.2 Å². The molecular weight excluding hydrogens is 349 g/mol. The van der Waals surface area contributed by atoms with E-state index in [9.17, 15) is 18.0 Å². The molecule has 1 amide bonds. The number of rotatable bonds is 3. The monoisotopic (exact) mass is 372 g/mol. The molecule has 1 heterocycles. The van der Waals surface area contributed by atoms with E-state index < -0.39 is 17.8 Å². The number of likely N-dealkylation sites (N-methyl/N-ethyl adjacent to an activating group) is 1. The minimum atomic E-state index is -4.39. The number of aliphatic imine (C=N–C) groups is 1. The quantitative estimate of drug-likeness (QED) is 0.649. The largest absolute Gasteiger partial charge is 0.416 e. The molecule has 0 aliphatic carbocycles. The fraction of sp³-hybridized carbons (Fsp3) is 0.529. The maximum Gasteiger partial charge on any atom is 0.416 e. The number of carbonyl (C=O) groups excluding carboxylic acids is 1. The van der Waals surface area contributed by atoms with Gasteiger partial charge in [0.15, 0.2) is 5.96 Å². The van der Waals surface area contributed by atoms with Crippen molar-refractivity contribution in [3.63, 3.8) is 0 Å². The summed E-state index contributed by atoms with van der Waals surface area (Å²) in [6, 6.07) is 5.15. The van der Waals surface area contributed by atoms with Gasteiger partial charge in [0.1, 0.15) is 6.10 Å². The number of hydrogen-bond donors (Lipinski definition) is 1. The lowest BCUT2D eigenvalue weighted by Gasteiger charge is -2.35. The summed E-state index contributed by atoms with van der Waals surface area (Å²) in [6.45, 7) is 1.32. The lowest BCUT2D eigenvalue weighted by molar-refractivity contribution is -0.137. The van der Waals surface area contributed by atoms with E-state index in [0.717, 1.165) is 12.1 Å². The van der Waals surface area contributed by atoms with E-state index in [1.54, 1.807) is 27.2 Å². The molecule has 144 valence electrons. The van der Waals surface area contributed by atoms with E-state index >= 15 is 0 Å². The fourth-order valence-corrected chi connectivity index (χ4v) is 2.60. The van der Waals surface area contributed by atoms with Crippen molar-refractivity contribution in [2.75, 3.05) is 47.4 Å². The Balaban J connectivity index is 2.07. The Kier molecular flexibility index (Phi) is 6.47. The van der Waals surface area contributed by atoms with Crippen LogP contribution in [0.1, 0.15) is 17.2 Å². The van der Waals surface area contributed by atoms with E-state index in [-0.39, 0.29) is 12.5 Å². The molecule has 0 radical (unpaired) electrons. The van der Waals surface area contributed by atoms with Crippen molar-refractivity contribution in [2.24, 2.45) is 4.99 Å². The third-order valence-electron chi connectivity index (χ3n) is 4.06. The summed E-state index contributed by atoms with van der Waals surface area (Å²) in [5, 5.41) is 2.98. The van der Waals surface area contributed by atoms with E-state index in [2.05, 4.69) is 10.3 Å². The van der Waals surface area contributed by atoms with Crippen molar-refractivity contribution >= 4 is 11.9 Å². The van der Waals surface area contributed by atoms with Gasteiger partial charge >= 0.3 is 6.18 Å². The van der Waals surface area contributed by atoms with Crippen molar-refractivity contribution in [1.29, 1.82) is 0 Å². The first-order valence-corrected chi connectivity index (χ1v) is 8.17. The third-order valence-corrected chi connectivity index (χ3v) is 4.06. The van der Waals surface area contributed by atoms with E-state index in [1.807, 2.05) is 4.90 Å². The van der Waals surface area contributed by atoms with Gasteiger partial charge in [-0.05, 0) is 17.7 Å². The highest BCUT2D eigenvalue weighted by molar-refractivity contribution is 5.86. The van der Waals surface area contributed by atoms with Gasteiger partial charge in [-0.25, -0.2) is 0 Å². The van der Waals surface area contributed by atoms with Gasteiger partial charge in [0.05, 0.1) is 25.3 Å². The van der Waals surface area contributed by atoms with Gasteiger partial charge in [-0.3, -0.25) is 9.79 Å². The standard InChI is InChI=1S/C17H23F3N4O2/c1-21-16(22-10-15(25)23(2)3)24-7-8-26-14(11-24)12-5-4-6-13(9-12)17(18,19)20/h4-6,9,14H,7-8,10-11H2,1-3H3,(H,21,22). The molecule has 0 bridgehead atoms. The zero-order valence-electron chi connectivity index (χ0n) is 15.0. The smallest absolute Gasteiger partial charge is 0.370 e. The molecule has 2 rings (SSSR count). The predicted octanol–water partition coefficient (Wildman–Crippen LogP) is 1.74. The molecule has 0 aromatic heterocycles. The fourth-order valence-electron chi connectivity index (χ4n) is 2.60. The van der Waals surface area contributed by atoms with Gasteiger partial charge in [0, 0.05) is 27.7 Å². The molecule has 0 spiro atoms. The minimum Gasteiger partial charge on any atom is -0.370 e. The van der Waals surface area contributed by atoms with E-state index in [1.165, 1.54) is 11.0 Å². The van der Waals surface area contributed by atoms with Gasteiger partial charge in [0.25, 0.3) is 0 Å². The van der Waals surface area contributed by atoms with Crippen molar-refractivity contribution < 1.29 is 22.7 Å². The number of morpholine rings is 1. The van der Waals surface area contributed by atoms with Gasteiger partial charge < -0.3 is 19.9 Å². The number of nitrogens with one attached hydrogen (secondary N) is 1. The van der Waals surface area contributed by atoms with Crippen LogP contribution in [-0.2, 0) is 15.7 Å². The van der Waals surface area contributed by atoms with Crippen LogP contribution in [0.4, 0.5) is 13.2 Å². The van der Waals surface area contributed by atoms with Gasteiger partial charge in [-0.15, -0.1) is 0 Å². The number of amides is 1. The molecule has 1 aliphatic heterocycles. The number of ether oxygens (including phenoxy) is 1. The molecule has 1 N–H and O–H groups in total. The van der Waals surface area contributed by atoms with Crippen LogP contribution in [-0.4, -0.2) is 69.1 Å². The van der Waals surface area contributed by atoms with Crippen molar-refractivity contribution in [3.8, 4) is 0 Å². The van der Waals surface area contributed by atoms with Crippen LogP contribution in [0.25, 0.3) is 0 Å². The summed E-state index contributed by atoms with van der Waals surface area (Å²) in [6.07, 6.45) is -4.90. The second kappa shape index (κ2) is 8.39. The molecule has 1 saturated heterocycles. The molecule has 1 aliphatic rings. The number of nitrogens with zero attached hydrogens (tertiary/aromatic N) is 3. The first-order valence-electron chi connectivity index (χ1n) is 8.17. The Morgan fingerprint density at radius 2 is 2.15 bits per heavy atom. The zero-order valence-corrected chi connectivity index (χ0v) is 15.0. The summed E-state index contributed by atoms with van der Waals surface area (Å²) in [5.74, 6) is 0.411. The Morgan fingerprint density at radius 3 is 2.77 bits per heavy atom. The average Bonchev–Trinajstić information content (AvgIpc) is 2.61. The molecule has 1 unspecified atom stereocenters. The van der Waals surface area contributed by atoms with Crippen LogP contribution in [0, 0.1) is 0 Å². The number of guanidine groups is 1. The SMILES string of the molecule is CN=C(NCC(=O)N(C)C)N1CCOC(c2cccc(C(F)(F)F)c2)C1. The molecule has 1 aromatic rings. The average molecular weight is 372 g/mol. The number of carbonyl (C=O) groups is 1. The highest BCUT2D eigenvalue weighted by Crippen LogP contribution is 2.32. The van der Waals surface area contributed by atoms with Crippen molar-refractivity contribution in [2.45, 2.75) is 12.3 Å². The highest BCUT2D eigenvalue weighted by atomic mass is 19.4. The predicted molar refractivity (Wildman–Crippen MR) is 91.8 cm³/mol. The molecular formula is C17H23F3N4O2. The lowest BCUT2D eigenvalue weighted by atomic mass is 10.0. The van der Waals surface area contributed by atoms with E-state index in [4.69, 9.17) is 4.74 Å². The number of benzene rings is 1. The van der Waals surface area contributed by atoms with Crippen molar-refractivity contribution in [3.05, 3.63) is 35.4 Å². The van der Waals surface area contributed by atoms with Gasteiger partial charge in [-0.2, -0.15) is 13.2 Å². The van der Waals surface area contributed by atoms with Gasteiger partial charge in [0.2, 0.25) is 5.91 Å². The Morgan fingerprint density at radius 1 is 1.42 bits per heavy atom. The normalized spacial score (nSPS) is 18.6. The summed E-state index contributed by atoms with van der Waals surface area (Å²) in [5.41, 5.74) is -0.237. The maximum atomic E-state index is 12.9. The second-order valence-electron chi connectivity index (χ2n) is 6.12. The Hall–Kier alpha value is -2.29. The van der Waals surface area contributed by atoms with Crippen LogP contribution in [0.15, 0.2) is 29.3 Å². The Labute approximate surface area is 150 Å². The number of alkyl halides is 3. The summed E-state index contributed by atoms with van der Waals surface area (Å²) < 4.78 is 44.4. The lowest BCUT2D eigenvalue weighted by Crippen LogP contribution is -2.50. The molecule has 1 aromatic carbocycles. The third kappa shape index (κ3) is 5.10. The van der Waals surface area contributed by atoms with Crippen molar-refractivity contribution in [1.82, 2.24) is 15.1 Å². The molecule has 6 nitrogen and oxygen atoms in total. The first-order chi connectivity index (χ1) is 12.2. The number of halogens is 3. The zero-order chi connectivity index (χ0) is 19.3. The first kappa shape index (κ1) is 20.0. The van der Waals surface area contributed by atoms with Crippen LogP contribution >= 0.6 is 0 Å². The van der Waals surface area contributed by atoms with Crippen LogP contribution in [0.5, 0.6) is 0 Å². The molecule has 1 fully saturated rings. The molecule has 1 atom stereocenters. The second-order valence-corrected chi connectivity index (χ2v) is 6.12. The van der Waals surface area contributed by atoms with Crippen LogP contribution < -0.4 is 5.32 Å². The molecule has 9 heteroatoms. The maximum absolute atomic E-state index is 12.9. The molecule has 0 saturated carbocycles. The molecule has 26 heavy (non-hydrogen) atoms. The van der Waals surface area contributed by atoms with Crippen LogP contribution in [0.3, 0.4) is 0 Å². The Bertz CT molecular complexity index is 662. The number of hydrogen-bond acceptors (Lipinski definition) is 3. The summed E-state index contributed by atoms with van der Waals surface area (Å²) >= 11 is 0. The van der Waals surface area contributed by atoms with Crippen LogP contribution in [0.2, 0.25) is 0 Å². The summed E-state index contributed by atoms with van der Waals surface area (Å²) in [7, 11) is 4.91. The summed E-state index contributed by atoms with van der Waals surface area (Å²) in [4.78, 5) is 19.2. The highest BCUT2D eigenvalue weighted by Gasteiger charge is 2.32.